The zero-order valence-corrected chi connectivity index (χ0v) is 17.3. The van der Waals surface area contributed by atoms with Crippen molar-refractivity contribution in [3.05, 3.63) is 23.9 Å². The minimum Gasteiger partial charge on any atom is -0.462 e. The van der Waals surface area contributed by atoms with Crippen LogP contribution in [0.25, 0.3) is 0 Å². The van der Waals surface area contributed by atoms with Crippen molar-refractivity contribution in [2.24, 2.45) is 0 Å². The fourth-order valence-electron chi connectivity index (χ4n) is 3.31. The Balaban J connectivity index is 2.07. The van der Waals surface area contributed by atoms with Crippen LogP contribution in [0.4, 0.5) is 0 Å². The van der Waals surface area contributed by atoms with Crippen molar-refractivity contribution in [2.75, 3.05) is 19.7 Å². The highest BCUT2D eigenvalue weighted by Gasteiger charge is 2.09. The number of nitriles is 1. The maximum absolute atomic E-state index is 12.0. The first-order valence-corrected chi connectivity index (χ1v) is 11.0. The Morgan fingerprint density at radius 3 is 2.15 bits per heavy atom. The average Bonchev–Trinajstić information content (AvgIpc) is 2.70. The van der Waals surface area contributed by atoms with E-state index in [-0.39, 0.29) is 5.57 Å². The summed E-state index contributed by atoms with van der Waals surface area (Å²) in [5, 5.41) is 9.14. The molecule has 0 saturated carbocycles. The fraction of sp³-hybridized carbons (Fsp3) is 0.739. The monoisotopic (exact) mass is 374 g/mol. The summed E-state index contributed by atoms with van der Waals surface area (Å²) in [7, 11) is 0. The van der Waals surface area contributed by atoms with E-state index in [0.29, 0.717) is 6.61 Å². The van der Waals surface area contributed by atoms with E-state index in [0.717, 1.165) is 25.9 Å². The van der Waals surface area contributed by atoms with Gasteiger partial charge in [0.25, 0.3) is 0 Å². The molecule has 0 aromatic carbocycles. The molecule has 0 spiro atoms. The van der Waals surface area contributed by atoms with Gasteiger partial charge in [0.2, 0.25) is 0 Å². The summed E-state index contributed by atoms with van der Waals surface area (Å²) in [6.45, 7) is 4.75. The molecule has 0 bridgehead atoms. The van der Waals surface area contributed by atoms with Crippen molar-refractivity contribution in [3.8, 4) is 6.07 Å². The molecule has 0 aromatic rings. The largest absolute Gasteiger partial charge is 0.462 e. The molecule has 4 heteroatoms. The van der Waals surface area contributed by atoms with Crippen LogP contribution in [-0.2, 0) is 9.53 Å². The van der Waals surface area contributed by atoms with Crippen molar-refractivity contribution in [2.45, 2.75) is 90.4 Å². The number of carbonyl (C=O) groups excluding carboxylic acids is 1. The summed E-state index contributed by atoms with van der Waals surface area (Å²) < 4.78 is 5.23. The Hall–Kier alpha value is -1.76. The molecule has 0 unspecified atom stereocenters. The first-order valence-electron chi connectivity index (χ1n) is 11.0. The average molecular weight is 375 g/mol. The van der Waals surface area contributed by atoms with Gasteiger partial charge in [-0.25, -0.2) is 4.79 Å². The maximum Gasteiger partial charge on any atom is 0.348 e. The summed E-state index contributed by atoms with van der Waals surface area (Å²) >= 11 is 0. The smallest absolute Gasteiger partial charge is 0.348 e. The summed E-state index contributed by atoms with van der Waals surface area (Å²) in [5.74, 6) is -0.503. The Labute approximate surface area is 166 Å². The van der Waals surface area contributed by atoms with Crippen LogP contribution >= 0.6 is 0 Å². The van der Waals surface area contributed by atoms with Crippen molar-refractivity contribution < 1.29 is 9.53 Å². The topological polar surface area (TPSA) is 53.3 Å². The van der Waals surface area contributed by atoms with Crippen molar-refractivity contribution in [3.63, 3.8) is 0 Å². The SMILES string of the molecule is CCCCCCCCCCCCOC(=O)/C(C#N)=C/C=C/N1CCCCC1. The quantitative estimate of drug-likeness (QED) is 0.125. The van der Waals surface area contributed by atoms with Crippen molar-refractivity contribution >= 4 is 5.97 Å². The minimum absolute atomic E-state index is 0.0790. The van der Waals surface area contributed by atoms with Crippen LogP contribution in [0.15, 0.2) is 23.9 Å². The Morgan fingerprint density at radius 1 is 0.963 bits per heavy atom. The second-order valence-electron chi connectivity index (χ2n) is 7.45. The number of piperidine rings is 1. The van der Waals surface area contributed by atoms with E-state index in [1.807, 2.05) is 12.3 Å². The lowest BCUT2D eigenvalue weighted by molar-refractivity contribution is -0.138. The number of rotatable bonds is 14. The van der Waals surface area contributed by atoms with Crippen LogP contribution in [0.2, 0.25) is 0 Å². The van der Waals surface area contributed by atoms with Gasteiger partial charge in [-0.15, -0.1) is 0 Å². The molecule has 1 rings (SSSR count). The van der Waals surface area contributed by atoms with E-state index >= 15 is 0 Å². The summed E-state index contributed by atoms with van der Waals surface area (Å²) in [6, 6.07) is 1.95. The molecule has 1 fully saturated rings. The number of carbonyl (C=O) groups is 1. The maximum atomic E-state index is 12.0. The molecule has 0 aromatic heterocycles. The van der Waals surface area contributed by atoms with Gasteiger partial charge >= 0.3 is 5.97 Å². The number of hydrogen-bond donors (Lipinski definition) is 0. The molecular formula is C23H38N2O2. The highest BCUT2D eigenvalue weighted by molar-refractivity contribution is 5.93. The third kappa shape index (κ3) is 12.3. The van der Waals surface area contributed by atoms with Gasteiger partial charge in [0.15, 0.2) is 0 Å². The van der Waals surface area contributed by atoms with Crippen LogP contribution in [0.3, 0.4) is 0 Å². The standard InChI is InChI=1S/C23H38N2O2/c1-2-3-4-5-6-7-8-9-10-14-20-27-23(26)22(21-24)16-15-19-25-17-12-11-13-18-25/h15-16,19H,2-14,17-18,20H2,1H3/b19-15+,22-16+. The molecule has 0 N–H and O–H groups in total. The van der Waals surface area contributed by atoms with E-state index in [9.17, 15) is 4.79 Å². The van der Waals surface area contributed by atoms with Gasteiger partial charge in [-0.1, -0.05) is 64.7 Å². The lowest BCUT2D eigenvalue weighted by atomic mass is 10.1. The summed E-state index contributed by atoms with van der Waals surface area (Å²) in [4.78, 5) is 14.2. The normalized spacial score (nSPS) is 15.1. The van der Waals surface area contributed by atoms with Gasteiger partial charge in [0.05, 0.1) is 6.61 Å². The van der Waals surface area contributed by atoms with Crippen molar-refractivity contribution in [1.29, 1.82) is 5.26 Å². The van der Waals surface area contributed by atoms with Crippen LogP contribution in [0, 0.1) is 11.3 Å². The number of nitrogens with zero attached hydrogens (tertiary/aromatic N) is 2. The number of ether oxygens (including phenoxy) is 1. The highest BCUT2D eigenvalue weighted by Crippen LogP contribution is 2.11. The van der Waals surface area contributed by atoms with Gasteiger partial charge in [0.1, 0.15) is 11.6 Å². The molecule has 152 valence electrons. The fourth-order valence-corrected chi connectivity index (χ4v) is 3.31. The molecule has 27 heavy (non-hydrogen) atoms. The lowest BCUT2D eigenvalue weighted by Crippen LogP contribution is -2.23. The van der Waals surface area contributed by atoms with Crippen molar-refractivity contribution in [1.82, 2.24) is 4.90 Å². The molecule has 0 aliphatic carbocycles. The molecule has 1 heterocycles. The van der Waals surface area contributed by atoms with Crippen LogP contribution in [0.1, 0.15) is 90.4 Å². The van der Waals surface area contributed by atoms with E-state index in [1.165, 1.54) is 70.6 Å². The van der Waals surface area contributed by atoms with Crippen LogP contribution in [-0.4, -0.2) is 30.6 Å². The molecular weight excluding hydrogens is 336 g/mol. The summed E-state index contributed by atoms with van der Waals surface area (Å²) in [5.41, 5.74) is 0.0790. The van der Waals surface area contributed by atoms with Gasteiger partial charge in [-0.2, -0.15) is 5.26 Å². The van der Waals surface area contributed by atoms with Gasteiger partial charge in [0, 0.05) is 13.1 Å². The number of allylic oxidation sites excluding steroid dienone is 2. The van der Waals surface area contributed by atoms with Crippen LogP contribution in [0.5, 0.6) is 0 Å². The van der Waals surface area contributed by atoms with E-state index in [1.54, 1.807) is 12.2 Å². The first-order chi connectivity index (χ1) is 13.3. The Bertz CT molecular complexity index is 485. The van der Waals surface area contributed by atoms with E-state index in [4.69, 9.17) is 10.00 Å². The number of likely N-dealkylation sites (tertiary alicyclic amines) is 1. The second-order valence-corrected chi connectivity index (χ2v) is 7.45. The number of esters is 1. The van der Waals surface area contributed by atoms with Crippen LogP contribution < -0.4 is 0 Å². The Morgan fingerprint density at radius 2 is 1.56 bits per heavy atom. The predicted octanol–water partition coefficient (Wildman–Crippen LogP) is 5.90. The van der Waals surface area contributed by atoms with Gasteiger partial charge in [-0.3, -0.25) is 0 Å². The third-order valence-electron chi connectivity index (χ3n) is 5.02. The minimum atomic E-state index is -0.503. The molecule has 1 aliphatic heterocycles. The zero-order valence-electron chi connectivity index (χ0n) is 17.3. The predicted molar refractivity (Wildman–Crippen MR) is 111 cm³/mol. The second kappa shape index (κ2) is 16.4. The zero-order chi connectivity index (χ0) is 19.6. The van der Waals surface area contributed by atoms with E-state index < -0.39 is 5.97 Å². The molecule has 4 nitrogen and oxygen atoms in total. The van der Waals surface area contributed by atoms with Gasteiger partial charge in [-0.05, 0) is 44.0 Å². The first kappa shape index (κ1) is 23.3. The number of unbranched alkanes of at least 4 members (excludes halogenated alkanes) is 9. The van der Waals surface area contributed by atoms with Gasteiger partial charge < -0.3 is 9.64 Å². The summed E-state index contributed by atoms with van der Waals surface area (Å²) in [6.07, 6.45) is 21.5. The third-order valence-corrected chi connectivity index (χ3v) is 5.02. The molecule has 0 amide bonds. The lowest BCUT2D eigenvalue weighted by Gasteiger charge is -2.24. The molecule has 0 atom stereocenters. The Kier molecular flexibility index (Phi) is 14.2. The van der Waals surface area contributed by atoms with E-state index in [2.05, 4.69) is 11.8 Å². The number of hydrogen-bond acceptors (Lipinski definition) is 4. The molecule has 1 saturated heterocycles. The highest BCUT2D eigenvalue weighted by atomic mass is 16.5. The molecule has 1 aliphatic rings. The molecule has 0 radical (unpaired) electrons.